The molecule has 6 aliphatic rings. The summed E-state index contributed by atoms with van der Waals surface area (Å²) in [5, 5.41) is 10.1. The predicted octanol–water partition coefficient (Wildman–Crippen LogP) is 3.85. The number of nitrogens with one attached hydrogen (secondary N) is 3. The highest BCUT2D eigenvalue weighted by molar-refractivity contribution is 6.30. The van der Waals surface area contributed by atoms with Crippen LogP contribution in [-0.4, -0.2) is 60.7 Å². The van der Waals surface area contributed by atoms with Crippen LogP contribution < -0.4 is 20.7 Å². The van der Waals surface area contributed by atoms with Crippen LogP contribution >= 0.6 is 11.6 Å². The molecule has 0 spiro atoms. The second kappa shape index (κ2) is 11.3. The van der Waals surface area contributed by atoms with Crippen LogP contribution in [0.25, 0.3) is 0 Å². The Kier molecular flexibility index (Phi) is 7.83. The zero-order chi connectivity index (χ0) is 26.2. The smallest absolute Gasteiger partial charge is 0.258 e. The fraction of sp³-hybridized carbons (Fsp3) is 0.724. The van der Waals surface area contributed by atoms with Crippen molar-refractivity contribution in [3.05, 3.63) is 29.0 Å². The summed E-state index contributed by atoms with van der Waals surface area (Å²) in [7, 11) is 0. The number of fused-ring (bicyclic) bond motifs is 3. The Hall–Kier alpha value is -1.90. The molecule has 2 saturated heterocycles. The fourth-order valence-electron chi connectivity index (χ4n) is 7.85. The maximum absolute atomic E-state index is 13.6. The number of benzene rings is 1. The highest BCUT2D eigenvalue weighted by atomic mass is 35.5. The van der Waals surface area contributed by atoms with Crippen molar-refractivity contribution in [1.82, 2.24) is 20.9 Å². The molecule has 5 unspecified atom stereocenters. The second-order valence-electron chi connectivity index (χ2n) is 12.2. The van der Waals surface area contributed by atoms with Crippen LogP contribution in [0.2, 0.25) is 5.02 Å². The zero-order valence-electron chi connectivity index (χ0n) is 22.0. The molecular formula is C29H40ClFN4O3. The van der Waals surface area contributed by atoms with Gasteiger partial charge in [-0.1, -0.05) is 43.7 Å². The number of carbonyl (C=O) groups is 2. The molecule has 9 heteroatoms. The third-order valence-corrected chi connectivity index (χ3v) is 10.3. The maximum Gasteiger partial charge on any atom is 0.258 e. The summed E-state index contributed by atoms with van der Waals surface area (Å²) >= 11 is 5.71. The summed E-state index contributed by atoms with van der Waals surface area (Å²) in [6.45, 7) is 1.54. The van der Waals surface area contributed by atoms with Gasteiger partial charge in [-0.05, 0) is 67.9 Å². The first kappa shape index (κ1) is 26.3. The quantitative estimate of drug-likeness (QED) is 0.484. The van der Waals surface area contributed by atoms with Crippen LogP contribution in [0.5, 0.6) is 5.75 Å². The molecule has 4 saturated carbocycles. The lowest BCUT2D eigenvalue weighted by molar-refractivity contribution is -0.129. The number of piperidine rings is 1. The van der Waals surface area contributed by atoms with Gasteiger partial charge in [-0.3, -0.25) is 19.8 Å². The highest BCUT2D eigenvalue weighted by Crippen LogP contribution is 2.46. The molecule has 2 heterocycles. The summed E-state index contributed by atoms with van der Waals surface area (Å²) < 4.78 is 19.1. The minimum Gasteiger partial charge on any atom is -0.484 e. The van der Waals surface area contributed by atoms with Crippen LogP contribution in [0.1, 0.15) is 64.2 Å². The van der Waals surface area contributed by atoms with E-state index in [0.29, 0.717) is 18.0 Å². The van der Waals surface area contributed by atoms with Gasteiger partial charge < -0.3 is 15.4 Å². The van der Waals surface area contributed by atoms with E-state index in [9.17, 15) is 14.0 Å². The maximum atomic E-state index is 13.6. The molecule has 2 bridgehead atoms. The van der Waals surface area contributed by atoms with Gasteiger partial charge in [0.1, 0.15) is 17.6 Å². The lowest BCUT2D eigenvalue weighted by Crippen LogP contribution is -2.62. The molecule has 7 nitrogen and oxygen atoms in total. The number of halogens is 2. The van der Waals surface area contributed by atoms with Crippen LogP contribution in [-0.2, 0) is 9.59 Å². The molecule has 2 aliphatic heterocycles. The van der Waals surface area contributed by atoms with Crippen LogP contribution in [0.4, 0.5) is 4.39 Å². The average Bonchev–Trinajstić information content (AvgIpc) is 3.33. The number of ether oxygens (including phenoxy) is 1. The number of nitrogens with zero attached hydrogens (tertiary/aromatic N) is 1. The third kappa shape index (κ3) is 5.54. The molecule has 1 aromatic rings. The van der Waals surface area contributed by atoms with E-state index in [-0.39, 0.29) is 47.3 Å². The number of hydrogen-bond donors (Lipinski definition) is 3. The number of carbonyl (C=O) groups excluding carboxylic acids is 2. The van der Waals surface area contributed by atoms with Crippen molar-refractivity contribution in [3.63, 3.8) is 0 Å². The van der Waals surface area contributed by atoms with Crippen molar-refractivity contribution < 1.29 is 18.7 Å². The second-order valence-corrected chi connectivity index (χ2v) is 12.6. The van der Waals surface area contributed by atoms with E-state index in [2.05, 4.69) is 20.9 Å². The van der Waals surface area contributed by atoms with Crippen molar-refractivity contribution >= 4 is 23.4 Å². The molecule has 5 atom stereocenters. The molecule has 4 aliphatic carbocycles. The molecule has 2 amide bonds. The SMILES string of the molecule is O=C(COc1ccc(Cl)c(F)c1)NC1CC(NC(=O)C2CNC3CC(C4CCCCC4)CCN32)C2CC1C2. The molecular weight excluding hydrogens is 507 g/mol. The summed E-state index contributed by atoms with van der Waals surface area (Å²) in [6.07, 6.45) is 12.4. The van der Waals surface area contributed by atoms with Gasteiger partial charge in [0.15, 0.2) is 6.61 Å². The van der Waals surface area contributed by atoms with Crippen LogP contribution in [0.15, 0.2) is 18.2 Å². The van der Waals surface area contributed by atoms with Crippen LogP contribution in [0.3, 0.4) is 0 Å². The monoisotopic (exact) mass is 546 g/mol. The lowest BCUT2D eigenvalue weighted by Gasteiger charge is -2.51. The van der Waals surface area contributed by atoms with Gasteiger partial charge in [-0.25, -0.2) is 4.39 Å². The number of amides is 2. The van der Waals surface area contributed by atoms with Crippen molar-refractivity contribution in [3.8, 4) is 5.75 Å². The van der Waals surface area contributed by atoms with E-state index in [0.717, 1.165) is 44.2 Å². The molecule has 0 radical (unpaired) electrons. The molecule has 1 aromatic carbocycles. The van der Waals surface area contributed by atoms with Crippen molar-refractivity contribution in [2.24, 2.45) is 23.7 Å². The average molecular weight is 547 g/mol. The standard InChI is InChI=1S/C29H40ClFN4O3/c30-22-7-6-21(13-23(22)31)38-16-28(36)33-24-14-25(20-10-19(24)11-20)34-29(37)26-15-32-27-12-18(8-9-35(26)27)17-4-2-1-3-5-17/h6-7,13,17-20,24-27,32H,1-5,8-12,14-16H2,(H,33,36)(H,34,37). The van der Waals surface area contributed by atoms with E-state index >= 15 is 0 Å². The molecule has 208 valence electrons. The first-order valence-electron chi connectivity index (χ1n) is 14.6. The summed E-state index contributed by atoms with van der Waals surface area (Å²) in [5.74, 6) is 2.20. The van der Waals surface area contributed by atoms with E-state index in [1.165, 1.54) is 57.1 Å². The Morgan fingerprint density at radius 2 is 1.74 bits per heavy atom. The molecule has 38 heavy (non-hydrogen) atoms. The fourth-order valence-corrected chi connectivity index (χ4v) is 7.96. The Labute approximate surface area is 229 Å². The first-order chi connectivity index (χ1) is 18.4. The van der Waals surface area contributed by atoms with Gasteiger partial charge in [0.05, 0.1) is 11.2 Å². The zero-order valence-corrected chi connectivity index (χ0v) is 22.7. The van der Waals surface area contributed by atoms with E-state index < -0.39 is 5.82 Å². The van der Waals surface area contributed by atoms with E-state index in [1.54, 1.807) is 6.07 Å². The predicted molar refractivity (Wildman–Crippen MR) is 143 cm³/mol. The van der Waals surface area contributed by atoms with E-state index in [4.69, 9.17) is 16.3 Å². The minimum atomic E-state index is -0.576. The van der Waals surface area contributed by atoms with E-state index in [1.807, 2.05) is 0 Å². The van der Waals surface area contributed by atoms with Gasteiger partial charge in [0.25, 0.3) is 5.91 Å². The van der Waals surface area contributed by atoms with Gasteiger partial charge in [0.2, 0.25) is 5.91 Å². The highest BCUT2D eigenvalue weighted by Gasteiger charge is 2.48. The Morgan fingerprint density at radius 1 is 0.974 bits per heavy atom. The van der Waals surface area contributed by atoms with Crippen molar-refractivity contribution in [2.75, 3.05) is 19.7 Å². The number of hydrogen-bond acceptors (Lipinski definition) is 5. The third-order valence-electron chi connectivity index (χ3n) is 10.0. The van der Waals surface area contributed by atoms with Gasteiger partial charge in [-0.2, -0.15) is 0 Å². The van der Waals surface area contributed by atoms with Crippen molar-refractivity contribution in [2.45, 2.75) is 88.5 Å². The Morgan fingerprint density at radius 3 is 2.50 bits per heavy atom. The topological polar surface area (TPSA) is 82.7 Å². The largest absolute Gasteiger partial charge is 0.484 e. The minimum absolute atomic E-state index is 0.0176. The Balaban J connectivity index is 0.978. The number of rotatable bonds is 7. The lowest BCUT2D eigenvalue weighted by atomic mass is 9.60. The summed E-state index contributed by atoms with van der Waals surface area (Å²) in [4.78, 5) is 28.4. The molecule has 0 aromatic heterocycles. The molecule has 7 rings (SSSR count). The normalized spacial score (nSPS) is 35.2. The van der Waals surface area contributed by atoms with Gasteiger partial charge in [-0.15, -0.1) is 0 Å². The summed E-state index contributed by atoms with van der Waals surface area (Å²) in [5.41, 5.74) is 0. The molecule has 3 N–H and O–H groups in total. The van der Waals surface area contributed by atoms with Crippen LogP contribution in [0, 0.1) is 29.5 Å². The Bertz CT molecular complexity index is 1030. The molecule has 6 fully saturated rings. The van der Waals surface area contributed by atoms with Gasteiger partial charge >= 0.3 is 0 Å². The van der Waals surface area contributed by atoms with Crippen molar-refractivity contribution in [1.29, 1.82) is 0 Å². The summed E-state index contributed by atoms with van der Waals surface area (Å²) in [6, 6.07) is 4.13. The van der Waals surface area contributed by atoms with Gasteiger partial charge in [0, 0.05) is 31.2 Å². The first-order valence-corrected chi connectivity index (χ1v) is 15.0.